The lowest BCUT2D eigenvalue weighted by Crippen LogP contribution is -2.48. The second-order valence-corrected chi connectivity index (χ2v) is 3.39. The third-order valence-corrected chi connectivity index (χ3v) is 2.62. The molecule has 2 nitrogen and oxygen atoms in total. The molecule has 1 rings (SSSR count). The van der Waals surface area contributed by atoms with E-state index in [4.69, 9.17) is 5.73 Å². The Morgan fingerprint density at radius 2 is 2.40 bits per heavy atom. The van der Waals surface area contributed by atoms with E-state index in [0.29, 0.717) is 0 Å². The van der Waals surface area contributed by atoms with Crippen molar-refractivity contribution in [2.75, 3.05) is 20.1 Å². The minimum absolute atomic E-state index is 0.795. The first-order valence-corrected chi connectivity index (χ1v) is 4.16. The average molecular weight is 142 g/mol. The number of hydrogen-bond acceptors (Lipinski definition) is 2. The molecule has 2 unspecified atom stereocenters. The van der Waals surface area contributed by atoms with Crippen LogP contribution in [0.4, 0.5) is 0 Å². The summed E-state index contributed by atoms with van der Waals surface area (Å²) in [6, 6.07) is 0.823. The highest BCUT2D eigenvalue weighted by Crippen LogP contribution is 2.23. The van der Waals surface area contributed by atoms with Gasteiger partial charge in [-0.2, -0.15) is 0 Å². The first-order valence-electron chi connectivity index (χ1n) is 4.16. The monoisotopic (exact) mass is 142 g/mol. The molecule has 1 saturated heterocycles. The summed E-state index contributed by atoms with van der Waals surface area (Å²) in [7, 11) is 2.20. The molecule has 60 valence electrons. The molecular weight excluding hydrogens is 124 g/mol. The van der Waals surface area contributed by atoms with E-state index in [0.717, 1.165) is 18.5 Å². The third-order valence-electron chi connectivity index (χ3n) is 2.62. The Morgan fingerprint density at radius 1 is 1.70 bits per heavy atom. The maximum Gasteiger partial charge on any atom is 0.0130 e. The number of nitrogens with zero attached hydrogens (tertiary/aromatic N) is 1. The summed E-state index contributed by atoms with van der Waals surface area (Å²) in [5, 5.41) is 0. The van der Waals surface area contributed by atoms with Crippen molar-refractivity contribution in [1.29, 1.82) is 0 Å². The second-order valence-electron chi connectivity index (χ2n) is 3.39. The molecule has 1 aliphatic rings. The van der Waals surface area contributed by atoms with E-state index in [-0.39, 0.29) is 0 Å². The van der Waals surface area contributed by atoms with E-state index in [9.17, 15) is 0 Å². The van der Waals surface area contributed by atoms with Crippen LogP contribution in [-0.4, -0.2) is 31.1 Å². The van der Waals surface area contributed by atoms with Gasteiger partial charge in [0.15, 0.2) is 0 Å². The van der Waals surface area contributed by atoms with Gasteiger partial charge in [-0.1, -0.05) is 6.92 Å². The quantitative estimate of drug-likeness (QED) is 0.627. The van der Waals surface area contributed by atoms with Gasteiger partial charge in [-0.15, -0.1) is 0 Å². The third kappa shape index (κ3) is 1.50. The van der Waals surface area contributed by atoms with Crippen LogP contribution < -0.4 is 5.73 Å². The van der Waals surface area contributed by atoms with Crippen LogP contribution in [0, 0.1) is 5.92 Å². The molecule has 1 heterocycles. The molecule has 2 atom stereocenters. The van der Waals surface area contributed by atoms with Crippen molar-refractivity contribution in [1.82, 2.24) is 4.90 Å². The van der Waals surface area contributed by atoms with Gasteiger partial charge >= 0.3 is 0 Å². The summed E-state index contributed by atoms with van der Waals surface area (Å²) in [5.74, 6) is 0.795. The first-order chi connectivity index (χ1) is 4.75. The van der Waals surface area contributed by atoms with Crippen LogP contribution in [0.2, 0.25) is 0 Å². The zero-order valence-electron chi connectivity index (χ0n) is 7.01. The molecule has 1 aliphatic heterocycles. The van der Waals surface area contributed by atoms with Crippen LogP contribution in [-0.2, 0) is 0 Å². The van der Waals surface area contributed by atoms with Gasteiger partial charge in [-0.25, -0.2) is 0 Å². The van der Waals surface area contributed by atoms with Crippen molar-refractivity contribution < 1.29 is 0 Å². The van der Waals surface area contributed by atoms with Gasteiger partial charge in [-0.05, 0) is 38.9 Å². The van der Waals surface area contributed by atoms with Crippen LogP contribution in [0.25, 0.3) is 0 Å². The molecule has 0 spiro atoms. The number of nitrogens with two attached hydrogens (primary N) is 1. The fourth-order valence-electron chi connectivity index (χ4n) is 1.71. The van der Waals surface area contributed by atoms with Crippen LogP contribution >= 0.6 is 0 Å². The largest absolute Gasteiger partial charge is 0.330 e. The van der Waals surface area contributed by atoms with E-state index < -0.39 is 0 Å². The Labute approximate surface area is 63.4 Å². The topological polar surface area (TPSA) is 29.3 Å². The van der Waals surface area contributed by atoms with Crippen molar-refractivity contribution in [3.63, 3.8) is 0 Å². The lowest BCUT2D eigenvalue weighted by atomic mass is 9.89. The number of hydrogen-bond donors (Lipinski definition) is 1. The lowest BCUT2D eigenvalue weighted by Gasteiger charge is -2.41. The summed E-state index contributed by atoms with van der Waals surface area (Å²) < 4.78 is 0. The van der Waals surface area contributed by atoms with Crippen molar-refractivity contribution in [3.05, 3.63) is 0 Å². The molecule has 1 fully saturated rings. The zero-order valence-corrected chi connectivity index (χ0v) is 7.01. The van der Waals surface area contributed by atoms with Crippen molar-refractivity contribution in [3.8, 4) is 0 Å². The summed E-state index contributed by atoms with van der Waals surface area (Å²) in [6.45, 7) is 4.41. The molecule has 0 radical (unpaired) electrons. The van der Waals surface area contributed by atoms with E-state index in [2.05, 4.69) is 18.9 Å². The predicted octanol–water partition coefficient (Wildman–Crippen LogP) is 0.675. The Bertz CT molecular complexity index is 103. The number of likely N-dealkylation sites (tertiary alicyclic amines) is 1. The highest BCUT2D eigenvalue weighted by molar-refractivity contribution is 4.83. The molecule has 0 aromatic rings. The number of rotatable bonds is 3. The first kappa shape index (κ1) is 8.02. The molecule has 0 aromatic carbocycles. The smallest absolute Gasteiger partial charge is 0.0130 e. The van der Waals surface area contributed by atoms with E-state index >= 15 is 0 Å². The van der Waals surface area contributed by atoms with E-state index in [1.54, 1.807) is 0 Å². The summed E-state index contributed by atoms with van der Waals surface area (Å²) in [6.07, 6.45) is 2.55. The van der Waals surface area contributed by atoms with Gasteiger partial charge in [0.05, 0.1) is 0 Å². The molecule has 2 N–H and O–H groups in total. The van der Waals surface area contributed by atoms with Crippen LogP contribution in [0.1, 0.15) is 19.8 Å². The summed E-state index contributed by atoms with van der Waals surface area (Å²) in [4.78, 5) is 2.42. The summed E-state index contributed by atoms with van der Waals surface area (Å²) in [5.41, 5.74) is 5.47. The van der Waals surface area contributed by atoms with Gasteiger partial charge < -0.3 is 10.6 Å². The maximum atomic E-state index is 5.47. The van der Waals surface area contributed by atoms with Gasteiger partial charge in [-0.3, -0.25) is 0 Å². The van der Waals surface area contributed by atoms with Crippen LogP contribution in [0.3, 0.4) is 0 Å². The molecule has 0 saturated carbocycles. The van der Waals surface area contributed by atoms with Crippen molar-refractivity contribution in [2.24, 2.45) is 11.7 Å². The lowest BCUT2D eigenvalue weighted by molar-refractivity contribution is 0.0772. The Morgan fingerprint density at radius 3 is 2.70 bits per heavy atom. The van der Waals surface area contributed by atoms with Crippen LogP contribution in [0.15, 0.2) is 0 Å². The predicted molar refractivity (Wildman–Crippen MR) is 43.9 cm³/mol. The standard InChI is InChI=1S/C8H18N2/c1-7(3-5-9)8-4-6-10(8)2/h7-8H,3-6,9H2,1-2H3. The fourth-order valence-corrected chi connectivity index (χ4v) is 1.71. The Kier molecular flexibility index (Phi) is 2.69. The van der Waals surface area contributed by atoms with Crippen molar-refractivity contribution in [2.45, 2.75) is 25.8 Å². The molecule has 0 aromatic heterocycles. The second kappa shape index (κ2) is 3.35. The molecule has 2 heteroatoms. The minimum atomic E-state index is 0.795. The van der Waals surface area contributed by atoms with Gasteiger partial charge in [0.25, 0.3) is 0 Å². The van der Waals surface area contributed by atoms with Crippen LogP contribution in [0.5, 0.6) is 0 Å². The molecule has 0 aliphatic carbocycles. The van der Waals surface area contributed by atoms with Gasteiger partial charge in [0.1, 0.15) is 0 Å². The Hall–Kier alpha value is -0.0800. The van der Waals surface area contributed by atoms with E-state index in [1.165, 1.54) is 19.4 Å². The average Bonchev–Trinajstić information content (AvgIpc) is 1.85. The molecule has 0 amide bonds. The molecule has 0 bridgehead atoms. The zero-order chi connectivity index (χ0) is 7.56. The molecular formula is C8H18N2. The Balaban J connectivity index is 2.20. The van der Waals surface area contributed by atoms with Gasteiger partial charge in [0.2, 0.25) is 0 Å². The molecule has 10 heavy (non-hydrogen) atoms. The van der Waals surface area contributed by atoms with E-state index in [1.807, 2.05) is 0 Å². The highest BCUT2D eigenvalue weighted by atomic mass is 15.2. The SMILES string of the molecule is CC(CCN)C1CCN1C. The normalized spacial score (nSPS) is 29.7. The van der Waals surface area contributed by atoms with Crippen molar-refractivity contribution >= 4 is 0 Å². The van der Waals surface area contributed by atoms with Gasteiger partial charge in [0, 0.05) is 6.04 Å². The summed E-state index contributed by atoms with van der Waals surface area (Å²) >= 11 is 0. The minimum Gasteiger partial charge on any atom is -0.330 e. The maximum absolute atomic E-state index is 5.47. The highest BCUT2D eigenvalue weighted by Gasteiger charge is 2.28. The fraction of sp³-hybridized carbons (Fsp3) is 1.00.